The molecule has 1 aliphatic rings. The molecule has 0 amide bonds. The second kappa shape index (κ2) is 12.4. The van der Waals surface area contributed by atoms with Gasteiger partial charge in [0.1, 0.15) is 0 Å². The zero-order chi connectivity index (χ0) is 18.1. The third kappa shape index (κ3) is 5.02. The van der Waals surface area contributed by atoms with E-state index < -0.39 is 8.07 Å². The summed E-state index contributed by atoms with van der Waals surface area (Å²) in [5.74, 6) is 0. The largest absolute Gasteiger partial charge is 4.00 e. The molecule has 0 N–H and O–H groups in total. The van der Waals surface area contributed by atoms with Crippen LogP contribution in [-0.2, 0) is 34.6 Å². The molecule has 0 saturated carbocycles. The Bertz CT molecular complexity index is 657. The van der Waals surface area contributed by atoms with Gasteiger partial charge in [-0.25, -0.2) is 5.57 Å². The minimum absolute atomic E-state index is 0. The molecule has 0 bridgehead atoms. The Morgan fingerprint density at radius 3 is 1.54 bits per heavy atom. The average molecular weight is 433 g/mol. The third-order valence-corrected chi connectivity index (χ3v) is 13.1. The molecule has 1 aromatic rings. The Morgan fingerprint density at radius 1 is 0.821 bits per heavy atom. The van der Waals surface area contributed by atoms with Crippen LogP contribution in [-0.4, -0.2) is 8.07 Å². The first-order valence-electron chi connectivity index (χ1n) is 9.72. The van der Waals surface area contributed by atoms with Crippen LogP contribution in [0.4, 0.5) is 0 Å². The van der Waals surface area contributed by atoms with Crippen molar-refractivity contribution in [3.05, 3.63) is 74.4 Å². The van der Waals surface area contributed by atoms with E-state index in [0.717, 1.165) is 12.8 Å². The second-order valence-corrected chi connectivity index (χ2v) is 12.8. The van der Waals surface area contributed by atoms with Gasteiger partial charge in [0, 0.05) is 0 Å². The summed E-state index contributed by atoms with van der Waals surface area (Å²) in [5, 5.41) is 1.78. The van der Waals surface area contributed by atoms with E-state index in [4.69, 9.17) is 0 Å². The number of hydrogen-bond donors (Lipinski definition) is 0. The second-order valence-electron chi connectivity index (χ2n) is 7.66. The average Bonchev–Trinajstić information content (AvgIpc) is 2.80. The van der Waals surface area contributed by atoms with E-state index in [1.165, 1.54) is 34.4 Å². The van der Waals surface area contributed by atoms with Crippen LogP contribution < -0.4 is 5.19 Å². The first kappa shape index (κ1) is 32.3. The first-order chi connectivity index (χ1) is 11.3. The van der Waals surface area contributed by atoms with Crippen molar-refractivity contribution in [3.63, 3.8) is 0 Å². The maximum absolute atomic E-state index is 3.95. The molecule has 1 aromatic carbocycles. The Hall–Kier alpha value is -0.369. The van der Waals surface area contributed by atoms with Gasteiger partial charge in [-0.3, -0.25) is 6.08 Å². The van der Waals surface area contributed by atoms with E-state index in [1.807, 2.05) is 0 Å². The molecule has 2 heteroatoms. The Kier molecular flexibility index (Phi) is 14.3. The van der Waals surface area contributed by atoms with E-state index >= 15 is 0 Å². The van der Waals surface area contributed by atoms with Crippen molar-refractivity contribution in [2.45, 2.75) is 85.4 Å². The molecular weight excluding hydrogens is 388 g/mol. The number of rotatable bonds is 6. The molecule has 0 nitrogen and oxygen atoms in total. The maximum atomic E-state index is 3.95. The molecule has 1 aliphatic carbocycles. The molecule has 0 radical (unpaired) electrons. The van der Waals surface area contributed by atoms with E-state index in [9.17, 15) is 0 Å². The van der Waals surface area contributed by atoms with Crippen LogP contribution in [0.3, 0.4) is 0 Å². The van der Waals surface area contributed by atoms with Crippen molar-refractivity contribution in [1.29, 1.82) is 0 Å². The molecule has 0 aliphatic heterocycles. The van der Waals surface area contributed by atoms with Gasteiger partial charge in [0.2, 0.25) is 0 Å². The summed E-state index contributed by atoms with van der Waals surface area (Å²) in [6.07, 6.45) is 6.20. The van der Waals surface area contributed by atoms with Crippen LogP contribution in [0.5, 0.6) is 0 Å². The van der Waals surface area contributed by atoms with Crippen LogP contribution in [0.15, 0.2) is 34.9 Å². The van der Waals surface area contributed by atoms with E-state index in [-0.39, 0.29) is 49.0 Å². The summed E-state index contributed by atoms with van der Waals surface area (Å²) in [5.41, 5.74) is 7.41. The number of hydrogen-bond acceptors (Lipinski definition) is 0. The van der Waals surface area contributed by atoms with Gasteiger partial charge in [0.15, 0.2) is 0 Å². The summed E-state index contributed by atoms with van der Waals surface area (Å²) in [4.78, 5) is 0. The molecule has 0 heterocycles. The fourth-order valence-corrected chi connectivity index (χ4v) is 10.4. The number of aryl methyl sites for hydroxylation is 2. The van der Waals surface area contributed by atoms with Gasteiger partial charge in [0.25, 0.3) is 0 Å². The van der Waals surface area contributed by atoms with Gasteiger partial charge in [-0.05, 0) is 24.0 Å². The Morgan fingerprint density at radius 2 is 1.25 bits per heavy atom. The fraction of sp³-hybridized carbons (Fsp3) is 0.500. The van der Waals surface area contributed by atoms with E-state index in [0.29, 0.717) is 0 Å². The zero-order valence-electron chi connectivity index (χ0n) is 20.6. The zero-order valence-corrected chi connectivity index (χ0v) is 23.1. The predicted octanol–water partition coefficient (Wildman–Crippen LogP) is 7.72. The third-order valence-electron chi connectivity index (χ3n) is 6.90. The van der Waals surface area contributed by atoms with Crippen molar-refractivity contribution in [2.24, 2.45) is 0 Å². The van der Waals surface area contributed by atoms with Crippen molar-refractivity contribution >= 4 is 13.3 Å². The summed E-state index contributed by atoms with van der Waals surface area (Å²) in [7, 11) is -1.74. The molecule has 0 fully saturated rings. The van der Waals surface area contributed by atoms with Gasteiger partial charge < -0.3 is 22.3 Å². The van der Waals surface area contributed by atoms with Crippen LogP contribution in [0.1, 0.15) is 66.5 Å². The van der Waals surface area contributed by atoms with E-state index in [2.05, 4.69) is 79.7 Å². The normalized spacial score (nSPS) is 18.4. The molecule has 28 heavy (non-hydrogen) atoms. The van der Waals surface area contributed by atoms with E-state index in [1.54, 1.807) is 10.8 Å². The molecule has 0 saturated heterocycles. The quantitative estimate of drug-likeness (QED) is 0.319. The van der Waals surface area contributed by atoms with Crippen LogP contribution >= 0.6 is 0 Å². The molecule has 156 valence electrons. The van der Waals surface area contributed by atoms with Crippen LogP contribution in [0.25, 0.3) is 0 Å². The van der Waals surface area contributed by atoms with Crippen molar-refractivity contribution in [2.75, 3.05) is 0 Å². The molecule has 1 unspecified atom stereocenters. The SMILES string of the molecule is CCc1cc(CC)cc([Si](CC)(CC)C2(C)[C-]=C(C)C(C)=C2C)c1.[CH3-].[CH3-].[CH3-].[Ti+4]. The topological polar surface area (TPSA) is 0 Å². The molecular formula is C26H44SiTi. The van der Waals surface area contributed by atoms with Gasteiger partial charge in [-0.1, -0.05) is 89.0 Å². The molecule has 0 aromatic heterocycles. The van der Waals surface area contributed by atoms with Crippen molar-refractivity contribution in [3.8, 4) is 0 Å². The molecule has 1 atom stereocenters. The molecule has 0 spiro atoms. The van der Waals surface area contributed by atoms with Crippen molar-refractivity contribution in [1.82, 2.24) is 0 Å². The first-order valence-corrected chi connectivity index (χ1v) is 12.1. The minimum atomic E-state index is -1.74. The van der Waals surface area contributed by atoms with Crippen LogP contribution in [0, 0.1) is 28.4 Å². The van der Waals surface area contributed by atoms with Gasteiger partial charge in [-0.15, -0.1) is 6.92 Å². The smallest absolute Gasteiger partial charge is 0.358 e. The Labute approximate surface area is 194 Å². The molecule has 2 rings (SSSR count). The summed E-state index contributed by atoms with van der Waals surface area (Å²) in [6.45, 7) is 18.8. The predicted molar refractivity (Wildman–Crippen MR) is 130 cm³/mol. The summed E-state index contributed by atoms with van der Waals surface area (Å²) >= 11 is 0. The fourth-order valence-electron chi connectivity index (χ4n) is 4.80. The maximum Gasteiger partial charge on any atom is 4.00 e. The monoisotopic (exact) mass is 432 g/mol. The van der Waals surface area contributed by atoms with Crippen molar-refractivity contribution < 1.29 is 21.7 Å². The van der Waals surface area contributed by atoms with Crippen LogP contribution in [0.2, 0.25) is 17.1 Å². The van der Waals surface area contributed by atoms with Gasteiger partial charge in [-0.2, -0.15) is 11.1 Å². The number of benzene rings is 1. The standard InChI is InChI=1S/C23H35Si.3CH3.Ti/c1-9-20-13-21(10-2)15-22(14-20)24(11-3,12-4)23(8)16-17(5)18(6)19(23)7;;;;/h13-15H,9-12H2,1-8H3;3*1H3;/q4*-1;+4. The Balaban J connectivity index is -0.00000156. The summed E-state index contributed by atoms with van der Waals surface area (Å²) < 4.78 is 0. The summed E-state index contributed by atoms with van der Waals surface area (Å²) in [6, 6.07) is 10.0. The van der Waals surface area contributed by atoms with Gasteiger partial charge >= 0.3 is 21.7 Å². The number of allylic oxidation sites excluding steroid dienone is 4. The van der Waals surface area contributed by atoms with Gasteiger partial charge in [0.05, 0.1) is 8.07 Å². The minimum Gasteiger partial charge on any atom is -0.358 e.